The summed E-state index contributed by atoms with van der Waals surface area (Å²) in [5, 5.41) is 0. The number of amides is 1. The number of carbonyl (C=O) groups is 1. The zero-order chi connectivity index (χ0) is 17.6. The highest BCUT2D eigenvalue weighted by Crippen LogP contribution is 2.23. The Labute approximate surface area is 147 Å². The Morgan fingerprint density at radius 2 is 2.12 bits per heavy atom. The molecule has 0 aliphatic carbocycles. The van der Waals surface area contributed by atoms with Gasteiger partial charge in [0, 0.05) is 37.0 Å². The Balaban J connectivity index is 1.69. The van der Waals surface area contributed by atoms with Crippen LogP contribution in [0.15, 0.2) is 42.7 Å². The maximum Gasteiger partial charge on any atom is 0.253 e. The highest BCUT2D eigenvalue weighted by atomic mass is 19.1. The number of benzene rings is 1. The topological polar surface area (TPSA) is 42.4 Å². The molecule has 1 aromatic carbocycles. The van der Waals surface area contributed by atoms with E-state index in [1.54, 1.807) is 36.5 Å². The molecule has 1 saturated heterocycles. The number of hydrogen-bond acceptors (Lipinski definition) is 3. The molecule has 0 bridgehead atoms. The maximum atomic E-state index is 13.8. The van der Waals surface area contributed by atoms with Crippen molar-refractivity contribution in [3.8, 4) is 11.1 Å². The van der Waals surface area contributed by atoms with Gasteiger partial charge in [0.1, 0.15) is 5.82 Å². The second kappa shape index (κ2) is 8.21. The zero-order valence-corrected chi connectivity index (χ0v) is 14.5. The monoisotopic (exact) mass is 342 g/mol. The van der Waals surface area contributed by atoms with Gasteiger partial charge in [-0.15, -0.1) is 0 Å². The molecule has 2 aromatic rings. The van der Waals surface area contributed by atoms with Crippen molar-refractivity contribution in [1.82, 2.24) is 9.88 Å². The first-order chi connectivity index (χ1) is 12.2. The Kier molecular flexibility index (Phi) is 5.76. The first kappa shape index (κ1) is 17.5. The Hall–Kier alpha value is -2.27. The van der Waals surface area contributed by atoms with E-state index in [4.69, 9.17) is 4.74 Å². The number of ether oxygens (including phenoxy) is 1. The summed E-state index contributed by atoms with van der Waals surface area (Å²) in [6.45, 7) is 4.21. The number of likely N-dealkylation sites (tertiary alicyclic amines) is 1. The Morgan fingerprint density at radius 1 is 1.32 bits per heavy atom. The van der Waals surface area contributed by atoms with Crippen LogP contribution in [0, 0.1) is 5.82 Å². The van der Waals surface area contributed by atoms with Crippen molar-refractivity contribution in [3.63, 3.8) is 0 Å². The van der Waals surface area contributed by atoms with E-state index >= 15 is 0 Å². The summed E-state index contributed by atoms with van der Waals surface area (Å²) in [6.07, 6.45) is 5.82. The summed E-state index contributed by atoms with van der Waals surface area (Å²) in [4.78, 5) is 18.3. The molecule has 5 heteroatoms. The summed E-state index contributed by atoms with van der Waals surface area (Å²) in [6, 6.07) is 8.70. The van der Waals surface area contributed by atoms with Gasteiger partial charge in [-0.25, -0.2) is 4.39 Å². The fourth-order valence-electron chi connectivity index (χ4n) is 3.13. The molecule has 1 atom stereocenters. The van der Waals surface area contributed by atoms with Crippen LogP contribution in [0.2, 0.25) is 0 Å². The van der Waals surface area contributed by atoms with Gasteiger partial charge in [0.15, 0.2) is 0 Å². The predicted octanol–water partition coefficient (Wildman–Crippen LogP) is 3.92. The van der Waals surface area contributed by atoms with E-state index in [2.05, 4.69) is 11.9 Å². The molecule has 1 aromatic heterocycles. The lowest BCUT2D eigenvalue weighted by Gasteiger charge is -2.32. The second-order valence-electron chi connectivity index (χ2n) is 6.32. The van der Waals surface area contributed by atoms with Crippen LogP contribution in [0.5, 0.6) is 0 Å². The summed E-state index contributed by atoms with van der Waals surface area (Å²) in [5.74, 6) is -0.361. The lowest BCUT2D eigenvalue weighted by Crippen LogP contribution is -2.43. The average molecular weight is 342 g/mol. The SMILES string of the molecule is CCCO[C@H]1CCCN(C(=O)c2ccc(-c3ccncc3F)cc2)C1. The number of pyridine rings is 1. The average Bonchev–Trinajstić information content (AvgIpc) is 2.66. The quantitative estimate of drug-likeness (QED) is 0.827. The zero-order valence-electron chi connectivity index (χ0n) is 14.5. The van der Waals surface area contributed by atoms with E-state index in [1.165, 1.54) is 6.20 Å². The van der Waals surface area contributed by atoms with Crippen molar-refractivity contribution in [3.05, 3.63) is 54.1 Å². The Morgan fingerprint density at radius 3 is 2.84 bits per heavy atom. The van der Waals surface area contributed by atoms with Crippen molar-refractivity contribution in [2.45, 2.75) is 32.3 Å². The number of halogens is 1. The summed E-state index contributed by atoms with van der Waals surface area (Å²) in [7, 11) is 0. The summed E-state index contributed by atoms with van der Waals surface area (Å²) < 4.78 is 19.6. The third kappa shape index (κ3) is 4.23. The van der Waals surface area contributed by atoms with Gasteiger partial charge in [-0.1, -0.05) is 19.1 Å². The fourth-order valence-corrected chi connectivity index (χ4v) is 3.13. The van der Waals surface area contributed by atoms with Crippen LogP contribution in [0.1, 0.15) is 36.5 Å². The molecule has 1 aliphatic rings. The lowest BCUT2D eigenvalue weighted by atomic mass is 10.0. The minimum Gasteiger partial charge on any atom is -0.376 e. The minimum absolute atomic E-state index is 0.00606. The summed E-state index contributed by atoms with van der Waals surface area (Å²) >= 11 is 0. The van der Waals surface area contributed by atoms with Crippen LogP contribution in [-0.4, -0.2) is 41.6 Å². The molecule has 0 saturated carbocycles. The van der Waals surface area contributed by atoms with Gasteiger partial charge in [0.05, 0.1) is 12.3 Å². The normalized spacial score (nSPS) is 17.5. The van der Waals surface area contributed by atoms with E-state index in [1.807, 2.05) is 4.90 Å². The number of piperidine rings is 1. The molecule has 0 radical (unpaired) electrons. The van der Waals surface area contributed by atoms with Crippen LogP contribution in [0.25, 0.3) is 11.1 Å². The molecule has 0 N–H and O–H groups in total. The first-order valence-corrected chi connectivity index (χ1v) is 8.80. The van der Waals surface area contributed by atoms with E-state index in [-0.39, 0.29) is 17.8 Å². The largest absolute Gasteiger partial charge is 0.376 e. The molecule has 3 rings (SSSR count). The van der Waals surface area contributed by atoms with Gasteiger partial charge in [-0.2, -0.15) is 0 Å². The van der Waals surface area contributed by atoms with Gasteiger partial charge >= 0.3 is 0 Å². The first-order valence-electron chi connectivity index (χ1n) is 8.80. The molecule has 1 aliphatic heterocycles. The molecule has 4 nitrogen and oxygen atoms in total. The molecular formula is C20H23FN2O2. The highest BCUT2D eigenvalue weighted by Gasteiger charge is 2.24. The summed E-state index contributed by atoms with van der Waals surface area (Å²) in [5.41, 5.74) is 1.84. The number of hydrogen-bond donors (Lipinski definition) is 0. The molecular weight excluding hydrogens is 319 g/mol. The van der Waals surface area contributed by atoms with Gasteiger partial charge in [0.2, 0.25) is 0 Å². The number of nitrogens with zero attached hydrogens (tertiary/aromatic N) is 2. The van der Waals surface area contributed by atoms with Gasteiger partial charge < -0.3 is 9.64 Å². The maximum absolute atomic E-state index is 13.8. The predicted molar refractivity (Wildman–Crippen MR) is 94.8 cm³/mol. The van der Waals surface area contributed by atoms with Crippen molar-refractivity contribution in [1.29, 1.82) is 0 Å². The van der Waals surface area contributed by atoms with Gasteiger partial charge in [0.25, 0.3) is 5.91 Å². The van der Waals surface area contributed by atoms with Crippen LogP contribution >= 0.6 is 0 Å². The van der Waals surface area contributed by atoms with Crippen LogP contribution in [-0.2, 0) is 4.74 Å². The smallest absolute Gasteiger partial charge is 0.253 e. The molecule has 1 amide bonds. The molecule has 0 spiro atoms. The van der Waals surface area contributed by atoms with E-state index in [0.717, 1.165) is 38.0 Å². The number of aromatic nitrogens is 1. The third-order valence-electron chi connectivity index (χ3n) is 4.44. The minimum atomic E-state index is -0.367. The van der Waals surface area contributed by atoms with Crippen molar-refractivity contribution in [2.75, 3.05) is 19.7 Å². The van der Waals surface area contributed by atoms with E-state index in [0.29, 0.717) is 17.7 Å². The molecule has 25 heavy (non-hydrogen) atoms. The fraction of sp³-hybridized carbons (Fsp3) is 0.400. The number of rotatable bonds is 5. The third-order valence-corrected chi connectivity index (χ3v) is 4.44. The highest BCUT2D eigenvalue weighted by molar-refractivity contribution is 5.94. The van der Waals surface area contributed by atoms with E-state index in [9.17, 15) is 9.18 Å². The molecule has 2 heterocycles. The van der Waals surface area contributed by atoms with Gasteiger partial charge in [-0.3, -0.25) is 9.78 Å². The molecule has 1 fully saturated rings. The van der Waals surface area contributed by atoms with E-state index < -0.39 is 0 Å². The number of carbonyl (C=O) groups excluding carboxylic acids is 1. The van der Waals surface area contributed by atoms with Crippen molar-refractivity contribution < 1.29 is 13.9 Å². The Bertz CT molecular complexity index is 718. The lowest BCUT2D eigenvalue weighted by molar-refractivity contribution is 0.00211. The van der Waals surface area contributed by atoms with Crippen molar-refractivity contribution >= 4 is 5.91 Å². The molecule has 0 unspecified atom stereocenters. The van der Waals surface area contributed by atoms with Crippen molar-refractivity contribution in [2.24, 2.45) is 0 Å². The van der Waals surface area contributed by atoms with Crippen LogP contribution in [0.3, 0.4) is 0 Å². The standard InChI is InChI=1S/C20H23FN2O2/c1-2-12-25-17-4-3-11-23(14-17)20(24)16-7-5-15(6-8-16)18-9-10-22-13-19(18)21/h5-10,13,17H,2-4,11-12,14H2,1H3/t17-/m0/s1. The van der Waals surface area contributed by atoms with Gasteiger partial charge in [-0.05, 0) is 43.0 Å². The van der Waals surface area contributed by atoms with Crippen LogP contribution < -0.4 is 0 Å². The van der Waals surface area contributed by atoms with Crippen LogP contribution in [0.4, 0.5) is 4.39 Å². The second-order valence-corrected chi connectivity index (χ2v) is 6.32. The molecule has 132 valence electrons.